The van der Waals surface area contributed by atoms with Crippen LogP contribution in [-0.4, -0.2) is 37.0 Å². The zero-order valence-corrected chi connectivity index (χ0v) is 8.50. The Labute approximate surface area is 75.1 Å². The first kappa shape index (κ1) is 11.9. The first-order valence-corrected chi connectivity index (χ1v) is 4.56. The SMILES string of the molecule is CCC(O)CNC(C)C(C)OC. The molecule has 0 aromatic rings. The highest BCUT2D eigenvalue weighted by molar-refractivity contribution is 4.69. The summed E-state index contributed by atoms with van der Waals surface area (Å²) in [5.41, 5.74) is 0. The minimum absolute atomic E-state index is 0.189. The van der Waals surface area contributed by atoms with Gasteiger partial charge in [-0.3, -0.25) is 0 Å². The minimum atomic E-state index is -0.239. The molecule has 0 fully saturated rings. The Morgan fingerprint density at radius 3 is 2.42 bits per heavy atom. The van der Waals surface area contributed by atoms with Crippen molar-refractivity contribution in [1.82, 2.24) is 5.32 Å². The second kappa shape index (κ2) is 6.40. The largest absolute Gasteiger partial charge is 0.392 e. The van der Waals surface area contributed by atoms with Gasteiger partial charge in [0.1, 0.15) is 0 Å². The molecule has 74 valence electrons. The van der Waals surface area contributed by atoms with Gasteiger partial charge in [-0.05, 0) is 20.3 Å². The van der Waals surface area contributed by atoms with E-state index in [4.69, 9.17) is 4.74 Å². The van der Waals surface area contributed by atoms with Crippen molar-refractivity contribution in [1.29, 1.82) is 0 Å². The van der Waals surface area contributed by atoms with Gasteiger partial charge in [0.15, 0.2) is 0 Å². The summed E-state index contributed by atoms with van der Waals surface area (Å²) in [6, 6.07) is 0.288. The number of hydrogen-bond acceptors (Lipinski definition) is 3. The Balaban J connectivity index is 3.49. The third kappa shape index (κ3) is 4.70. The third-order valence-electron chi connectivity index (χ3n) is 2.22. The van der Waals surface area contributed by atoms with Crippen LogP contribution in [0.25, 0.3) is 0 Å². The smallest absolute Gasteiger partial charge is 0.0693 e. The van der Waals surface area contributed by atoms with E-state index in [-0.39, 0.29) is 18.2 Å². The van der Waals surface area contributed by atoms with Crippen molar-refractivity contribution in [2.45, 2.75) is 45.4 Å². The van der Waals surface area contributed by atoms with Gasteiger partial charge in [0.05, 0.1) is 12.2 Å². The third-order valence-corrected chi connectivity index (χ3v) is 2.22. The average Bonchev–Trinajstić information content (AvgIpc) is 2.11. The quantitative estimate of drug-likeness (QED) is 0.626. The van der Waals surface area contributed by atoms with Gasteiger partial charge in [-0.2, -0.15) is 0 Å². The maximum absolute atomic E-state index is 9.26. The molecule has 0 aliphatic heterocycles. The van der Waals surface area contributed by atoms with Crippen molar-refractivity contribution in [3.8, 4) is 0 Å². The predicted octanol–water partition coefficient (Wildman–Crippen LogP) is 0.770. The molecule has 0 saturated heterocycles. The van der Waals surface area contributed by atoms with Gasteiger partial charge in [-0.1, -0.05) is 6.92 Å². The van der Waals surface area contributed by atoms with Crippen LogP contribution in [0.5, 0.6) is 0 Å². The van der Waals surface area contributed by atoms with Crippen LogP contribution in [-0.2, 0) is 4.74 Å². The van der Waals surface area contributed by atoms with Crippen LogP contribution < -0.4 is 5.32 Å². The average molecular weight is 175 g/mol. The van der Waals surface area contributed by atoms with E-state index in [1.54, 1.807) is 7.11 Å². The van der Waals surface area contributed by atoms with Crippen LogP contribution in [0.2, 0.25) is 0 Å². The Hall–Kier alpha value is -0.120. The van der Waals surface area contributed by atoms with Crippen molar-refractivity contribution in [2.24, 2.45) is 0 Å². The number of rotatable bonds is 6. The molecule has 0 rings (SSSR count). The predicted molar refractivity (Wildman–Crippen MR) is 50.2 cm³/mol. The minimum Gasteiger partial charge on any atom is -0.392 e. The molecule has 0 aliphatic carbocycles. The summed E-state index contributed by atoms with van der Waals surface area (Å²) in [4.78, 5) is 0. The second-order valence-corrected chi connectivity index (χ2v) is 3.20. The van der Waals surface area contributed by atoms with Crippen LogP contribution in [0, 0.1) is 0 Å². The van der Waals surface area contributed by atoms with E-state index in [9.17, 15) is 5.11 Å². The maximum Gasteiger partial charge on any atom is 0.0693 e. The number of methoxy groups -OCH3 is 1. The van der Waals surface area contributed by atoms with Gasteiger partial charge in [-0.25, -0.2) is 0 Å². The molecule has 0 aromatic heterocycles. The first-order chi connectivity index (χ1) is 5.61. The van der Waals surface area contributed by atoms with Crippen molar-refractivity contribution < 1.29 is 9.84 Å². The summed E-state index contributed by atoms with van der Waals surface area (Å²) in [6.07, 6.45) is 0.742. The van der Waals surface area contributed by atoms with E-state index in [0.717, 1.165) is 6.42 Å². The number of hydrogen-bond donors (Lipinski definition) is 2. The van der Waals surface area contributed by atoms with Crippen LogP contribution in [0.15, 0.2) is 0 Å². The fourth-order valence-corrected chi connectivity index (χ4v) is 0.836. The summed E-state index contributed by atoms with van der Waals surface area (Å²) in [7, 11) is 1.69. The normalized spacial score (nSPS) is 18.8. The molecule has 0 aromatic carbocycles. The summed E-state index contributed by atoms with van der Waals surface area (Å²) < 4.78 is 5.13. The zero-order chi connectivity index (χ0) is 9.56. The van der Waals surface area contributed by atoms with Crippen molar-refractivity contribution in [3.63, 3.8) is 0 Å². The van der Waals surface area contributed by atoms with Crippen molar-refractivity contribution in [2.75, 3.05) is 13.7 Å². The molecular weight excluding hydrogens is 154 g/mol. The second-order valence-electron chi connectivity index (χ2n) is 3.20. The highest BCUT2D eigenvalue weighted by Crippen LogP contribution is 1.96. The molecule has 0 bridgehead atoms. The topological polar surface area (TPSA) is 41.5 Å². The van der Waals surface area contributed by atoms with E-state index in [1.807, 2.05) is 13.8 Å². The Morgan fingerprint density at radius 1 is 1.42 bits per heavy atom. The van der Waals surface area contributed by atoms with Crippen molar-refractivity contribution in [3.05, 3.63) is 0 Å². The summed E-state index contributed by atoms with van der Waals surface area (Å²) in [6.45, 7) is 6.68. The Bertz CT molecular complexity index is 109. The molecule has 0 radical (unpaired) electrons. The summed E-state index contributed by atoms with van der Waals surface area (Å²) in [5, 5.41) is 12.5. The fraction of sp³-hybridized carbons (Fsp3) is 1.00. The lowest BCUT2D eigenvalue weighted by atomic mass is 10.2. The Kier molecular flexibility index (Phi) is 6.34. The van der Waals surface area contributed by atoms with E-state index in [2.05, 4.69) is 12.2 Å². The zero-order valence-electron chi connectivity index (χ0n) is 8.50. The molecule has 3 unspecified atom stereocenters. The van der Waals surface area contributed by atoms with E-state index in [1.165, 1.54) is 0 Å². The molecule has 3 nitrogen and oxygen atoms in total. The van der Waals surface area contributed by atoms with Crippen LogP contribution >= 0.6 is 0 Å². The number of nitrogens with one attached hydrogen (secondary N) is 1. The molecule has 0 aliphatic rings. The maximum atomic E-state index is 9.26. The molecule has 0 saturated carbocycles. The Morgan fingerprint density at radius 2 is 2.00 bits per heavy atom. The van der Waals surface area contributed by atoms with Gasteiger partial charge in [0.25, 0.3) is 0 Å². The lowest BCUT2D eigenvalue weighted by Crippen LogP contribution is -2.40. The summed E-state index contributed by atoms with van der Waals surface area (Å²) >= 11 is 0. The first-order valence-electron chi connectivity index (χ1n) is 4.56. The molecule has 2 N–H and O–H groups in total. The number of aliphatic hydroxyl groups excluding tert-OH is 1. The lowest BCUT2D eigenvalue weighted by molar-refractivity contribution is 0.0802. The van der Waals surface area contributed by atoms with Gasteiger partial charge in [0, 0.05) is 19.7 Å². The highest BCUT2D eigenvalue weighted by atomic mass is 16.5. The van der Waals surface area contributed by atoms with Crippen molar-refractivity contribution >= 4 is 0 Å². The van der Waals surface area contributed by atoms with Crippen LogP contribution in [0.4, 0.5) is 0 Å². The highest BCUT2D eigenvalue weighted by Gasteiger charge is 2.11. The molecule has 3 atom stereocenters. The number of ether oxygens (including phenoxy) is 1. The standard InChI is InChI=1S/C9H21NO2/c1-5-9(11)6-10-7(2)8(3)12-4/h7-11H,5-6H2,1-4H3. The molecule has 12 heavy (non-hydrogen) atoms. The molecule has 3 heteroatoms. The van der Waals surface area contributed by atoms with E-state index < -0.39 is 0 Å². The lowest BCUT2D eigenvalue weighted by Gasteiger charge is -2.21. The van der Waals surface area contributed by atoms with Gasteiger partial charge in [-0.15, -0.1) is 0 Å². The fourth-order valence-electron chi connectivity index (χ4n) is 0.836. The van der Waals surface area contributed by atoms with E-state index >= 15 is 0 Å². The molecule has 0 heterocycles. The van der Waals surface area contributed by atoms with Crippen LogP contribution in [0.3, 0.4) is 0 Å². The van der Waals surface area contributed by atoms with Gasteiger partial charge in [0.2, 0.25) is 0 Å². The van der Waals surface area contributed by atoms with Crippen LogP contribution in [0.1, 0.15) is 27.2 Å². The van der Waals surface area contributed by atoms with Gasteiger partial charge < -0.3 is 15.2 Å². The molecule has 0 spiro atoms. The monoisotopic (exact) mass is 175 g/mol. The molecule has 0 amide bonds. The number of aliphatic hydroxyl groups is 1. The van der Waals surface area contributed by atoms with E-state index in [0.29, 0.717) is 6.54 Å². The van der Waals surface area contributed by atoms with Gasteiger partial charge >= 0.3 is 0 Å². The molecular formula is C9H21NO2. The summed E-state index contributed by atoms with van der Waals surface area (Å²) in [5.74, 6) is 0.